The molecule has 172 valence electrons. The first kappa shape index (κ1) is 21.5. The quantitative estimate of drug-likeness (QED) is 0.268. The van der Waals surface area contributed by atoms with Crippen LogP contribution >= 0.6 is 0 Å². The van der Waals surface area contributed by atoms with Gasteiger partial charge in [0.2, 0.25) is 0 Å². The number of pyridine rings is 2. The van der Waals surface area contributed by atoms with Crippen molar-refractivity contribution in [3.8, 4) is 33.8 Å². The minimum absolute atomic E-state index is 0.741. The first-order valence-corrected chi connectivity index (χ1v) is 11.7. The molecule has 0 radical (unpaired) electrons. The summed E-state index contributed by atoms with van der Waals surface area (Å²) in [4.78, 5) is 11.5. The van der Waals surface area contributed by atoms with Gasteiger partial charge in [-0.1, -0.05) is 49.6 Å². The van der Waals surface area contributed by atoms with Crippen molar-refractivity contribution in [2.45, 2.75) is 0 Å². The van der Waals surface area contributed by atoms with Crippen LogP contribution < -0.4 is 0 Å². The minimum Gasteiger partial charge on any atom is -0.355 e. The normalized spacial score (nSPS) is 11.9. The highest BCUT2D eigenvalue weighted by atomic mass is 15.1. The van der Waals surface area contributed by atoms with Crippen molar-refractivity contribution in [1.82, 2.24) is 25.1 Å². The van der Waals surface area contributed by atoms with E-state index in [1.807, 2.05) is 60.7 Å². The van der Waals surface area contributed by atoms with E-state index in [-0.39, 0.29) is 0 Å². The summed E-state index contributed by atoms with van der Waals surface area (Å²) in [6.45, 7) is 7.90. The summed E-state index contributed by atoms with van der Waals surface area (Å²) < 4.78 is 0. The van der Waals surface area contributed by atoms with Gasteiger partial charge in [-0.15, -0.1) is 10.2 Å². The van der Waals surface area contributed by atoms with E-state index in [4.69, 9.17) is 0 Å². The van der Waals surface area contributed by atoms with Gasteiger partial charge in [0.05, 0.1) is 17.6 Å². The lowest BCUT2D eigenvalue weighted by Crippen LogP contribution is -1.90. The van der Waals surface area contributed by atoms with Crippen molar-refractivity contribution in [3.63, 3.8) is 0 Å². The first-order chi connectivity index (χ1) is 17.7. The molecule has 0 aromatic rings. The van der Waals surface area contributed by atoms with Gasteiger partial charge >= 0.3 is 0 Å². The van der Waals surface area contributed by atoms with E-state index >= 15 is 0 Å². The summed E-state index contributed by atoms with van der Waals surface area (Å²) in [6, 6.07) is 20.6. The first-order valence-electron chi connectivity index (χ1n) is 11.7. The molecule has 0 amide bonds. The second-order valence-electron chi connectivity index (χ2n) is 8.54. The molecule has 0 unspecified atom stereocenters. The van der Waals surface area contributed by atoms with Gasteiger partial charge in [-0.3, -0.25) is 4.98 Å². The summed E-state index contributed by atoms with van der Waals surface area (Å²) in [6.07, 6.45) is 13.5. The molecule has 0 spiro atoms. The van der Waals surface area contributed by atoms with Crippen LogP contribution in [0.1, 0.15) is 33.9 Å². The van der Waals surface area contributed by atoms with Crippen LogP contribution in [0, 0.1) is 0 Å². The Morgan fingerprint density at radius 2 is 1.31 bits per heavy atom. The zero-order chi connectivity index (χ0) is 24.5. The molecular formula is C31H23N5. The van der Waals surface area contributed by atoms with E-state index in [0.717, 1.165) is 67.7 Å². The maximum Gasteiger partial charge on any atom is 0.113 e. The van der Waals surface area contributed by atoms with E-state index in [1.165, 1.54) is 0 Å². The number of hydrogen-bond acceptors (Lipinski definition) is 3. The molecule has 5 heteroatoms. The molecule has 6 rings (SSSR count). The van der Waals surface area contributed by atoms with Gasteiger partial charge in [0, 0.05) is 28.3 Å². The molecule has 4 aliphatic heterocycles. The third-order valence-electron chi connectivity index (χ3n) is 6.32. The monoisotopic (exact) mass is 465 g/mol. The Morgan fingerprint density at radius 3 is 1.94 bits per heavy atom. The fourth-order valence-electron chi connectivity index (χ4n) is 4.40. The van der Waals surface area contributed by atoms with Crippen molar-refractivity contribution >= 4 is 36.5 Å². The molecule has 0 atom stereocenters. The Morgan fingerprint density at radius 1 is 0.667 bits per heavy atom. The van der Waals surface area contributed by atoms with Gasteiger partial charge in [0.25, 0.3) is 0 Å². The molecule has 0 saturated carbocycles. The highest BCUT2D eigenvalue weighted by Gasteiger charge is 2.12. The molecular weight excluding hydrogens is 442 g/mol. The largest absolute Gasteiger partial charge is 0.355 e. The predicted molar refractivity (Wildman–Crippen MR) is 149 cm³/mol. The molecule has 2 aliphatic carbocycles. The molecule has 0 aromatic heterocycles. The van der Waals surface area contributed by atoms with Crippen molar-refractivity contribution in [3.05, 3.63) is 114 Å². The zero-order valence-corrected chi connectivity index (χ0v) is 19.6. The number of rotatable bonds is 6. The Bertz CT molecular complexity index is 1680. The maximum atomic E-state index is 4.61. The zero-order valence-electron chi connectivity index (χ0n) is 19.6. The van der Waals surface area contributed by atoms with Crippen molar-refractivity contribution in [1.29, 1.82) is 0 Å². The van der Waals surface area contributed by atoms with E-state index in [2.05, 4.69) is 74.7 Å². The number of nitrogens with one attached hydrogen (secondary N) is 2. The average molecular weight is 466 g/mol. The van der Waals surface area contributed by atoms with Gasteiger partial charge in [-0.05, 0) is 83.0 Å². The van der Waals surface area contributed by atoms with E-state index in [1.54, 1.807) is 6.20 Å². The van der Waals surface area contributed by atoms with Crippen LogP contribution in [0.25, 0.3) is 70.2 Å². The van der Waals surface area contributed by atoms with Crippen LogP contribution in [0.4, 0.5) is 0 Å². The SMILES string of the molecule is C=Cc1cc2cccc-2[nH]c1/C=C/c1ccc2c(/C=C/c3[nH]c4cccc-4cc3C=C)nnc-2cn1. The van der Waals surface area contributed by atoms with Gasteiger partial charge in [-0.25, -0.2) is 0 Å². The molecule has 6 aliphatic rings. The second-order valence-corrected chi connectivity index (χ2v) is 8.54. The Hall–Kier alpha value is -5.03. The molecule has 4 heterocycles. The van der Waals surface area contributed by atoms with E-state index < -0.39 is 0 Å². The van der Waals surface area contributed by atoms with E-state index in [9.17, 15) is 0 Å². The molecule has 0 fully saturated rings. The van der Waals surface area contributed by atoms with Crippen molar-refractivity contribution < 1.29 is 0 Å². The van der Waals surface area contributed by atoms with Crippen LogP contribution in [0.5, 0.6) is 0 Å². The Balaban J connectivity index is 1.31. The van der Waals surface area contributed by atoms with Crippen LogP contribution in [0.15, 0.2) is 80.0 Å². The fourth-order valence-corrected chi connectivity index (χ4v) is 4.40. The van der Waals surface area contributed by atoms with Gasteiger partial charge in [0.1, 0.15) is 5.69 Å². The van der Waals surface area contributed by atoms with Crippen LogP contribution in [-0.4, -0.2) is 25.1 Å². The number of fused-ring (bicyclic) bond motifs is 3. The fraction of sp³-hybridized carbons (Fsp3) is 0. The van der Waals surface area contributed by atoms with Gasteiger partial charge in [-0.2, -0.15) is 0 Å². The van der Waals surface area contributed by atoms with Crippen molar-refractivity contribution in [2.24, 2.45) is 0 Å². The molecule has 2 N–H and O–H groups in total. The standard InChI is InChI=1S/C31H23N5/c1-3-20-17-22-7-5-9-26(22)33-28(20)14-12-24-11-13-25-30(35-36-31(25)19-32-24)16-15-29-21(4-2)18-23-8-6-10-27(23)34-29/h3-19,33-34H,1-2H2/b14-12+,16-15+. The lowest BCUT2D eigenvalue weighted by atomic mass is 10.1. The third-order valence-corrected chi connectivity index (χ3v) is 6.32. The number of aromatic nitrogens is 5. The number of H-pyrrole nitrogens is 2. The summed E-state index contributed by atoms with van der Waals surface area (Å²) in [5.41, 5.74) is 11.8. The minimum atomic E-state index is 0.741. The molecule has 0 bridgehead atoms. The topological polar surface area (TPSA) is 70.2 Å². The predicted octanol–water partition coefficient (Wildman–Crippen LogP) is 7.47. The van der Waals surface area contributed by atoms with Crippen LogP contribution in [0.2, 0.25) is 0 Å². The van der Waals surface area contributed by atoms with Crippen LogP contribution in [0.3, 0.4) is 0 Å². The number of hydrogen-bond donors (Lipinski definition) is 2. The highest BCUT2D eigenvalue weighted by Crippen LogP contribution is 2.28. The van der Waals surface area contributed by atoms with Gasteiger partial charge in [0.15, 0.2) is 0 Å². The van der Waals surface area contributed by atoms with E-state index in [0.29, 0.717) is 0 Å². The van der Waals surface area contributed by atoms with Crippen LogP contribution in [-0.2, 0) is 0 Å². The maximum absolute atomic E-state index is 4.61. The average Bonchev–Trinajstić information content (AvgIpc) is 3.62. The summed E-state index contributed by atoms with van der Waals surface area (Å²) >= 11 is 0. The Kier molecular flexibility index (Phi) is 5.35. The van der Waals surface area contributed by atoms with Crippen molar-refractivity contribution in [2.75, 3.05) is 0 Å². The van der Waals surface area contributed by atoms with Gasteiger partial charge < -0.3 is 9.97 Å². The summed E-state index contributed by atoms with van der Waals surface area (Å²) in [7, 11) is 0. The molecule has 0 aromatic carbocycles. The molecule has 36 heavy (non-hydrogen) atoms. The number of aromatic amines is 2. The lowest BCUT2D eigenvalue weighted by Gasteiger charge is -2.07. The summed E-state index contributed by atoms with van der Waals surface area (Å²) in [5, 5.41) is 8.70. The lowest BCUT2D eigenvalue weighted by molar-refractivity contribution is 1.08. The molecule has 0 saturated heterocycles. The Labute approximate surface area is 209 Å². The molecule has 5 nitrogen and oxygen atoms in total. The summed E-state index contributed by atoms with van der Waals surface area (Å²) in [5.74, 6) is 0. The smallest absolute Gasteiger partial charge is 0.113 e. The second kappa shape index (κ2) is 8.96. The number of nitrogens with zero attached hydrogens (tertiary/aromatic N) is 3. The third kappa shape index (κ3) is 3.93. The highest BCUT2D eigenvalue weighted by molar-refractivity contribution is 5.82.